The van der Waals surface area contributed by atoms with Crippen molar-refractivity contribution in [3.05, 3.63) is 76.1 Å². The smallest absolute Gasteiger partial charge is 0.257 e. The van der Waals surface area contributed by atoms with E-state index in [2.05, 4.69) is 10.3 Å². The summed E-state index contributed by atoms with van der Waals surface area (Å²) >= 11 is 0. The second-order valence-electron chi connectivity index (χ2n) is 5.68. The molecule has 0 saturated carbocycles. The van der Waals surface area contributed by atoms with Crippen LogP contribution in [0.1, 0.15) is 15.9 Å². The minimum absolute atomic E-state index is 0.0338. The number of fused-ring (bicyclic) bond motifs is 1. The summed E-state index contributed by atoms with van der Waals surface area (Å²) in [5.74, 6) is -0.487. The number of benzene rings is 2. The molecule has 1 amide bonds. The molecule has 1 heterocycles. The van der Waals surface area contributed by atoms with E-state index >= 15 is 0 Å². The van der Waals surface area contributed by atoms with Crippen molar-refractivity contribution in [1.82, 2.24) is 10.3 Å². The predicted molar refractivity (Wildman–Crippen MR) is 95.3 cm³/mol. The van der Waals surface area contributed by atoms with Crippen molar-refractivity contribution < 1.29 is 13.2 Å². The third-order valence-electron chi connectivity index (χ3n) is 3.84. The third-order valence-corrected chi connectivity index (χ3v) is 4.97. The van der Waals surface area contributed by atoms with Gasteiger partial charge in [0, 0.05) is 29.9 Å². The van der Waals surface area contributed by atoms with Crippen LogP contribution in [0.5, 0.6) is 0 Å². The van der Waals surface area contributed by atoms with Gasteiger partial charge in [0.05, 0.1) is 4.90 Å². The Labute approximate surface area is 144 Å². The van der Waals surface area contributed by atoms with E-state index in [1.165, 1.54) is 18.3 Å². The van der Waals surface area contributed by atoms with Crippen LogP contribution in [0.4, 0.5) is 0 Å². The lowest BCUT2D eigenvalue weighted by Crippen LogP contribution is -2.28. The molecule has 0 spiro atoms. The number of H-pyrrole nitrogens is 1. The zero-order chi connectivity index (χ0) is 18.0. The van der Waals surface area contributed by atoms with Crippen molar-refractivity contribution in [1.29, 1.82) is 0 Å². The topological polar surface area (TPSA) is 96.1 Å². The van der Waals surface area contributed by atoms with Crippen LogP contribution in [-0.4, -0.2) is 25.6 Å². The van der Waals surface area contributed by atoms with Crippen LogP contribution in [0, 0.1) is 0 Å². The van der Waals surface area contributed by atoms with Crippen molar-refractivity contribution in [3.8, 4) is 0 Å². The van der Waals surface area contributed by atoms with E-state index in [1.54, 1.807) is 36.4 Å². The molecule has 3 rings (SSSR count). The summed E-state index contributed by atoms with van der Waals surface area (Å²) in [7, 11) is -3.25. The van der Waals surface area contributed by atoms with E-state index in [1.807, 2.05) is 0 Å². The number of hydrogen-bond acceptors (Lipinski definition) is 4. The number of rotatable bonds is 4. The Morgan fingerprint density at radius 1 is 1.08 bits per heavy atom. The molecule has 3 aromatic rings. The number of pyridine rings is 1. The fraction of sp³-hybridized carbons (Fsp3) is 0.111. The van der Waals surface area contributed by atoms with Crippen LogP contribution in [0.3, 0.4) is 0 Å². The number of hydrogen-bond donors (Lipinski definition) is 2. The van der Waals surface area contributed by atoms with Crippen LogP contribution >= 0.6 is 0 Å². The maximum atomic E-state index is 12.4. The second-order valence-corrected chi connectivity index (χ2v) is 7.69. The number of carbonyl (C=O) groups is 1. The molecule has 2 aromatic carbocycles. The first-order valence-electron chi connectivity index (χ1n) is 7.54. The lowest BCUT2D eigenvalue weighted by molar-refractivity contribution is 0.0949. The van der Waals surface area contributed by atoms with Crippen molar-refractivity contribution in [2.24, 2.45) is 0 Å². The van der Waals surface area contributed by atoms with Crippen LogP contribution in [0.25, 0.3) is 10.9 Å². The van der Waals surface area contributed by atoms with E-state index in [0.29, 0.717) is 10.9 Å². The molecule has 0 radical (unpaired) electrons. The fourth-order valence-electron chi connectivity index (χ4n) is 2.47. The summed E-state index contributed by atoms with van der Waals surface area (Å²) in [5.41, 5.74) is 1.10. The number of para-hydroxylation sites is 1. The average Bonchev–Trinajstić information content (AvgIpc) is 2.60. The van der Waals surface area contributed by atoms with Gasteiger partial charge in [-0.05, 0) is 29.8 Å². The quantitative estimate of drug-likeness (QED) is 0.746. The van der Waals surface area contributed by atoms with Crippen LogP contribution < -0.4 is 10.7 Å². The Bertz CT molecular complexity index is 1100. The van der Waals surface area contributed by atoms with Crippen molar-refractivity contribution >= 4 is 26.6 Å². The summed E-state index contributed by atoms with van der Waals surface area (Å²) in [6, 6.07) is 13.2. The van der Waals surface area contributed by atoms with E-state index < -0.39 is 15.7 Å². The first-order valence-corrected chi connectivity index (χ1v) is 9.43. The van der Waals surface area contributed by atoms with E-state index in [9.17, 15) is 18.0 Å². The van der Waals surface area contributed by atoms with Crippen LogP contribution in [0.2, 0.25) is 0 Å². The van der Waals surface area contributed by atoms with Gasteiger partial charge in [-0.15, -0.1) is 0 Å². The maximum Gasteiger partial charge on any atom is 0.257 e. The molecule has 0 saturated heterocycles. The molecule has 2 N–H and O–H groups in total. The number of aromatic nitrogens is 1. The molecule has 0 aliphatic rings. The largest absolute Gasteiger partial charge is 0.360 e. The second kappa shape index (κ2) is 6.52. The molecule has 7 heteroatoms. The summed E-state index contributed by atoms with van der Waals surface area (Å²) in [6.45, 7) is 0.190. The summed E-state index contributed by atoms with van der Waals surface area (Å²) in [6.07, 6.45) is 2.53. The molecule has 0 unspecified atom stereocenters. The van der Waals surface area contributed by atoms with E-state index in [-0.39, 0.29) is 22.4 Å². The predicted octanol–water partition coefficient (Wildman–Crippen LogP) is 1.86. The number of amides is 1. The number of aromatic amines is 1. The molecule has 0 atom stereocenters. The third kappa shape index (κ3) is 3.61. The van der Waals surface area contributed by atoms with Gasteiger partial charge >= 0.3 is 0 Å². The van der Waals surface area contributed by atoms with Gasteiger partial charge in [-0.3, -0.25) is 9.59 Å². The van der Waals surface area contributed by atoms with Gasteiger partial charge < -0.3 is 10.3 Å². The Morgan fingerprint density at radius 3 is 2.44 bits per heavy atom. The average molecular weight is 356 g/mol. The molecular weight excluding hydrogens is 340 g/mol. The van der Waals surface area contributed by atoms with E-state index in [4.69, 9.17) is 0 Å². The van der Waals surface area contributed by atoms with Gasteiger partial charge in [0.25, 0.3) is 5.91 Å². The molecule has 0 aliphatic carbocycles. The Balaban J connectivity index is 1.77. The highest BCUT2D eigenvalue weighted by molar-refractivity contribution is 7.90. The van der Waals surface area contributed by atoms with Gasteiger partial charge in [-0.1, -0.05) is 24.3 Å². The Kier molecular flexibility index (Phi) is 4.41. The van der Waals surface area contributed by atoms with Crippen LogP contribution in [-0.2, 0) is 16.4 Å². The summed E-state index contributed by atoms with van der Waals surface area (Å²) in [4.78, 5) is 27.8. The molecule has 0 aliphatic heterocycles. The zero-order valence-corrected chi connectivity index (χ0v) is 14.3. The highest BCUT2D eigenvalue weighted by atomic mass is 32.2. The minimum Gasteiger partial charge on any atom is -0.360 e. The Morgan fingerprint density at radius 2 is 1.76 bits per heavy atom. The zero-order valence-electron chi connectivity index (χ0n) is 13.4. The minimum atomic E-state index is -3.25. The summed E-state index contributed by atoms with van der Waals surface area (Å²) < 4.78 is 22.9. The number of sulfone groups is 1. The standard InChI is InChI=1S/C18H16N2O4S/c1-25(23,24)13-8-6-12(7-9-13)10-20-18(22)15-11-19-16-5-3-2-4-14(16)17(15)21/h2-9,11H,10H2,1H3,(H,19,21)(H,20,22). The van der Waals surface area contributed by atoms with Crippen molar-refractivity contribution in [3.63, 3.8) is 0 Å². The first-order chi connectivity index (χ1) is 11.9. The highest BCUT2D eigenvalue weighted by Gasteiger charge is 2.13. The normalized spacial score (nSPS) is 11.4. The molecule has 0 bridgehead atoms. The van der Waals surface area contributed by atoms with E-state index in [0.717, 1.165) is 11.8 Å². The van der Waals surface area contributed by atoms with Gasteiger partial charge in [0.1, 0.15) is 5.56 Å². The van der Waals surface area contributed by atoms with Crippen molar-refractivity contribution in [2.45, 2.75) is 11.4 Å². The van der Waals surface area contributed by atoms with Crippen LogP contribution in [0.15, 0.2) is 64.4 Å². The molecule has 1 aromatic heterocycles. The molecular formula is C18H16N2O4S. The monoisotopic (exact) mass is 356 g/mol. The Hall–Kier alpha value is -2.93. The van der Waals surface area contributed by atoms with Gasteiger partial charge in [0.2, 0.25) is 5.43 Å². The number of nitrogens with one attached hydrogen (secondary N) is 2. The highest BCUT2D eigenvalue weighted by Crippen LogP contribution is 2.11. The van der Waals surface area contributed by atoms with Gasteiger partial charge in [-0.2, -0.15) is 0 Å². The number of carbonyl (C=O) groups excluding carboxylic acids is 1. The van der Waals surface area contributed by atoms with Gasteiger partial charge in [-0.25, -0.2) is 8.42 Å². The fourth-order valence-corrected chi connectivity index (χ4v) is 3.10. The van der Waals surface area contributed by atoms with Crippen molar-refractivity contribution in [2.75, 3.05) is 6.26 Å². The molecule has 6 nitrogen and oxygen atoms in total. The maximum absolute atomic E-state index is 12.4. The molecule has 25 heavy (non-hydrogen) atoms. The lowest BCUT2D eigenvalue weighted by atomic mass is 10.1. The van der Waals surface area contributed by atoms with Gasteiger partial charge in [0.15, 0.2) is 9.84 Å². The lowest BCUT2D eigenvalue weighted by Gasteiger charge is -2.07. The molecule has 0 fully saturated rings. The first kappa shape index (κ1) is 16.9. The SMILES string of the molecule is CS(=O)(=O)c1ccc(CNC(=O)c2c[nH]c3ccccc3c2=O)cc1. The summed E-state index contributed by atoms with van der Waals surface area (Å²) in [5, 5.41) is 3.12. The molecule has 128 valence electrons.